The summed E-state index contributed by atoms with van der Waals surface area (Å²) < 4.78 is 17.8. The number of aromatic hydroxyl groups is 1. The first-order valence-corrected chi connectivity index (χ1v) is 5.13. The number of esters is 1. The van der Waals surface area contributed by atoms with Crippen LogP contribution in [0.3, 0.4) is 0 Å². The average molecular weight is 278 g/mol. The summed E-state index contributed by atoms with van der Waals surface area (Å²) in [6.07, 6.45) is 0. The average Bonchev–Trinajstić information content (AvgIpc) is 2.30. The van der Waals surface area contributed by atoms with E-state index in [0.29, 0.717) is 0 Å². The zero-order chi connectivity index (χ0) is 13.2. The van der Waals surface area contributed by atoms with Crippen molar-refractivity contribution in [3.8, 4) is 5.75 Å². The first-order valence-electron chi connectivity index (χ1n) is 5.13. The van der Waals surface area contributed by atoms with E-state index in [1.54, 1.807) is 13.8 Å². The molecule has 0 saturated heterocycles. The van der Waals surface area contributed by atoms with E-state index < -0.39 is 29.0 Å². The molecule has 0 aliphatic carbocycles. The van der Waals surface area contributed by atoms with Gasteiger partial charge in [0.25, 0.3) is 0 Å². The summed E-state index contributed by atoms with van der Waals surface area (Å²) in [5, 5.41) is 9.58. The fraction of sp³-hybridized carbons (Fsp3) is 0.417. The number of phenolic OH excluding ortho intramolecular Hbond substituents is 1. The maximum absolute atomic E-state index is 13.2. The third-order valence-corrected chi connectivity index (χ3v) is 2.84. The highest BCUT2D eigenvalue weighted by Crippen LogP contribution is 2.37. The highest BCUT2D eigenvalue weighted by molar-refractivity contribution is 5.85. The van der Waals surface area contributed by atoms with Gasteiger partial charge in [0.05, 0.1) is 12.5 Å². The van der Waals surface area contributed by atoms with Crippen molar-refractivity contribution in [2.45, 2.75) is 19.9 Å². The van der Waals surface area contributed by atoms with Gasteiger partial charge in [-0.1, -0.05) is 12.1 Å². The predicted molar refractivity (Wildman–Crippen MR) is 68.0 cm³/mol. The van der Waals surface area contributed by atoms with E-state index in [0.717, 1.165) is 6.07 Å². The van der Waals surface area contributed by atoms with Gasteiger partial charge in [-0.05, 0) is 19.9 Å². The van der Waals surface area contributed by atoms with Crippen LogP contribution in [0.15, 0.2) is 18.2 Å². The molecule has 0 unspecified atom stereocenters. The molecule has 4 nitrogen and oxygen atoms in total. The monoisotopic (exact) mass is 277 g/mol. The van der Waals surface area contributed by atoms with Crippen molar-refractivity contribution in [1.29, 1.82) is 0 Å². The van der Waals surface area contributed by atoms with Gasteiger partial charge in [-0.2, -0.15) is 0 Å². The molecule has 0 fully saturated rings. The summed E-state index contributed by atoms with van der Waals surface area (Å²) in [6.45, 7) is 3.15. The molecule has 6 heteroatoms. The predicted octanol–water partition coefficient (Wildman–Crippen LogP) is 2.15. The zero-order valence-corrected chi connectivity index (χ0v) is 11.3. The van der Waals surface area contributed by atoms with Crippen molar-refractivity contribution in [2.75, 3.05) is 7.11 Å². The van der Waals surface area contributed by atoms with E-state index in [1.165, 1.54) is 19.2 Å². The van der Waals surface area contributed by atoms with Crippen molar-refractivity contribution in [3.05, 3.63) is 29.6 Å². The molecule has 0 radical (unpaired) electrons. The SMILES string of the molecule is COC(=O)C(C)(C)[C@H](N)c1cccc(F)c1O.Cl. The third kappa shape index (κ3) is 2.91. The second-order valence-corrected chi connectivity index (χ2v) is 4.37. The first-order chi connectivity index (χ1) is 7.82. The quantitative estimate of drug-likeness (QED) is 0.831. The number of hydrogen-bond donors (Lipinski definition) is 2. The topological polar surface area (TPSA) is 72.5 Å². The van der Waals surface area contributed by atoms with Gasteiger partial charge in [-0.15, -0.1) is 12.4 Å². The summed E-state index contributed by atoms with van der Waals surface area (Å²) in [7, 11) is 1.25. The zero-order valence-electron chi connectivity index (χ0n) is 10.4. The van der Waals surface area contributed by atoms with E-state index in [4.69, 9.17) is 5.73 Å². The van der Waals surface area contributed by atoms with Gasteiger partial charge in [0.2, 0.25) is 0 Å². The number of methoxy groups -OCH3 is 1. The minimum Gasteiger partial charge on any atom is -0.505 e. The lowest BCUT2D eigenvalue weighted by atomic mass is 9.80. The molecule has 0 heterocycles. The van der Waals surface area contributed by atoms with E-state index >= 15 is 0 Å². The van der Waals surface area contributed by atoms with Crippen LogP contribution in [0.1, 0.15) is 25.5 Å². The number of phenols is 1. The highest BCUT2D eigenvalue weighted by Gasteiger charge is 2.38. The Morgan fingerprint density at radius 2 is 2.06 bits per heavy atom. The largest absolute Gasteiger partial charge is 0.505 e. The summed E-state index contributed by atoms with van der Waals surface area (Å²) in [5.41, 5.74) is 5.02. The van der Waals surface area contributed by atoms with E-state index in [9.17, 15) is 14.3 Å². The van der Waals surface area contributed by atoms with Crippen LogP contribution < -0.4 is 5.73 Å². The van der Waals surface area contributed by atoms with Crippen LogP contribution in [0.4, 0.5) is 4.39 Å². The Bertz CT molecular complexity index is 437. The fourth-order valence-electron chi connectivity index (χ4n) is 1.56. The molecule has 0 saturated carbocycles. The standard InChI is InChI=1S/C12H16FNO3.ClH/c1-12(2,11(16)17-3)10(14)7-5-4-6-8(13)9(7)15;/h4-6,10,15H,14H2,1-3H3;1H/t10-;/m1./s1. The molecule has 0 aromatic heterocycles. The molecule has 102 valence electrons. The highest BCUT2D eigenvalue weighted by atomic mass is 35.5. The second kappa shape index (κ2) is 6.02. The van der Waals surface area contributed by atoms with Crippen LogP contribution in [-0.4, -0.2) is 18.2 Å². The normalized spacial score (nSPS) is 12.5. The minimum absolute atomic E-state index is 0. The molecule has 1 rings (SSSR count). The van der Waals surface area contributed by atoms with Crippen LogP contribution in [0.5, 0.6) is 5.75 Å². The maximum atomic E-state index is 13.2. The van der Waals surface area contributed by atoms with Gasteiger partial charge in [-0.25, -0.2) is 4.39 Å². The van der Waals surface area contributed by atoms with Crippen LogP contribution in [0, 0.1) is 11.2 Å². The van der Waals surface area contributed by atoms with Crippen molar-refractivity contribution in [1.82, 2.24) is 0 Å². The molecule has 1 atom stereocenters. The Labute approximate surface area is 111 Å². The van der Waals surface area contributed by atoms with Crippen molar-refractivity contribution >= 4 is 18.4 Å². The van der Waals surface area contributed by atoms with Gasteiger partial charge < -0.3 is 15.6 Å². The maximum Gasteiger partial charge on any atom is 0.313 e. The Morgan fingerprint density at radius 1 is 1.50 bits per heavy atom. The molecule has 0 aliphatic heterocycles. The van der Waals surface area contributed by atoms with Crippen LogP contribution >= 0.6 is 12.4 Å². The van der Waals surface area contributed by atoms with Crippen LogP contribution in [-0.2, 0) is 9.53 Å². The number of para-hydroxylation sites is 1. The van der Waals surface area contributed by atoms with E-state index in [1.807, 2.05) is 0 Å². The van der Waals surface area contributed by atoms with E-state index in [2.05, 4.69) is 4.74 Å². The summed E-state index contributed by atoms with van der Waals surface area (Å²) in [5.74, 6) is -1.82. The van der Waals surface area contributed by atoms with Crippen molar-refractivity contribution < 1.29 is 19.0 Å². The Balaban J connectivity index is 0.00000289. The number of rotatable bonds is 3. The molecule has 0 bridgehead atoms. The summed E-state index contributed by atoms with van der Waals surface area (Å²) in [4.78, 5) is 11.6. The lowest BCUT2D eigenvalue weighted by Gasteiger charge is -2.29. The van der Waals surface area contributed by atoms with Gasteiger partial charge in [0, 0.05) is 11.6 Å². The second-order valence-electron chi connectivity index (χ2n) is 4.37. The summed E-state index contributed by atoms with van der Waals surface area (Å²) >= 11 is 0. The number of carbonyl (C=O) groups excluding carboxylic acids is 1. The number of carbonyl (C=O) groups is 1. The molecule has 3 N–H and O–H groups in total. The van der Waals surface area contributed by atoms with Gasteiger partial charge >= 0.3 is 5.97 Å². The molecule has 18 heavy (non-hydrogen) atoms. The minimum atomic E-state index is -1.06. The van der Waals surface area contributed by atoms with Gasteiger partial charge in [-0.3, -0.25) is 4.79 Å². The number of benzene rings is 1. The summed E-state index contributed by atoms with van der Waals surface area (Å²) in [6, 6.07) is 3.17. The van der Waals surface area contributed by atoms with Crippen LogP contribution in [0.2, 0.25) is 0 Å². The van der Waals surface area contributed by atoms with E-state index in [-0.39, 0.29) is 18.0 Å². The molecule has 0 aliphatic rings. The van der Waals surface area contributed by atoms with Gasteiger partial charge in [0.15, 0.2) is 11.6 Å². The van der Waals surface area contributed by atoms with Crippen LogP contribution in [0.25, 0.3) is 0 Å². The van der Waals surface area contributed by atoms with Crippen molar-refractivity contribution in [3.63, 3.8) is 0 Å². The smallest absolute Gasteiger partial charge is 0.313 e. The van der Waals surface area contributed by atoms with Gasteiger partial charge in [0.1, 0.15) is 0 Å². The Morgan fingerprint density at radius 3 is 2.56 bits per heavy atom. The molecule has 1 aromatic carbocycles. The molecular weight excluding hydrogens is 261 g/mol. The number of nitrogens with two attached hydrogens (primary N) is 1. The fourth-order valence-corrected chi connectivity index (χ4v) is 1.56. The molecule has 0 spiro atoms. The number of halogens is 2. The molecule has 0 amide bonds. The number of hydrogen-bond acceptors (Lipinski definition) is 4. The first kappa shape index (κ1) is 16.7. The number of ether oxygens (including phenoxy) is 1. The Kier molecular flexibility index (Phi) is 5.57. The third-order valence-electron chi connectivity index (χ3n) is 2.84. The lowest BCUT2D eigenvalue weighted by Crippen LogP contribution is -2.37. The lowest BCUT2D eigenvalue weighted by molar-refractivity contribution is -0.152. The molecular formula is C12H17ClFNO3. The molecule has 1 aromatic rings. The Hall–Kier alpha value is -1.33. The van der Waals surface area contributed by atoms with Crippen molar-refractivity contribution in [2.24, 2.45) is 11.1 Å².